The number of likely N-dealkylation sites (N-methyl/N-ethyl adjacent to an activating group) is 1. The highest BCUT2D eigenvalue weighted by Crippen LogP contribution is 2.20. The minimum absolute atomic E-state index is 0.190. The third kappa shape index (κ3) is 9.24. The zero-order valence-electron chi connectivity index (χ0n) is 15.6. The molecule has 2 N–H and O–H groups in total. The minimum Gasteiger partial charge on any atom is -0.492 e. The molecule has 0 radical (unpaired) electrons. The number of piperazine rings is 1. The van der Waals surface area contributed by atoms with Gasteiger partial charge in [0, 0.05) is 38.8 Å². The fourth-order valence-corrected chi connectivity index (χ4v) is 2.27. The van der Waals surface area contributed by atoms with Crippen LogP contribution >= 0.6 is 0 Å². The summed E-state index contributed by atoms with van der Waals surface area (Å²) in [5.74, 6) is -1.89. The molecule has 1 aliphatic rings. The molecule has 1 heterocycles. The number of benzene rings is 1. The molecule has 1 saturated heterocycles. The van der Waals surface area contributed by atoms with Crippen LogP contribution in [-0.2, 0) is 9.59 Å². The topological polar surface area (TPSA) is 99.5 Å². The van der Waals surface area contributed by atoms with Gasteiger partial charge in [-0.1, -0.05) is 6.07 Å². The molecular formula is C18H28N2O6. The van der Waals surface area contributed by atoms with Gasteiger partial charge in [0.2, 0.25) is 0 Å². The van der Waals surface area contributed by atoms with E-state index in [0.717, 1.165) is 50.8 Å². The molecule has 26 heavy (non-hydrogen) atoms. The maximum atomic E-state index is 9.10. The van der Waals surface area contributed by atoms with Crippen molar-refractivity contribution in [3.8, 4) is 11.5 Å². The number of carboxylic acid groups (broad SMARTS) is 2. The highest BCUT2D eigenvalue weighted by Gasteiger charge is 2.13. The van der Waals surface area contributed by atoms with Crippen molar-refractivity contribution in [1.29, 1.82) is 0 Å². The number of nitrogens with zero attached hydrogens (tertiary/aromatic N) is 2. The van der Waals surface area contributed by atoms with Crippen molar-refractivity contribution in [3.05, 3.63) is 24.3 Å². The molecule has 0 aromatic heterocycles. The Morgan fingerprint density at radius 2 is 1.65 bits per heavy atom. The molecule has 0 spiro atoms. The van der Waals surface area contributed by atoms with Crippen molar-refractivity contribution in [3.63, 3.8) is 0 Å². The molecular weight excluding hydrogens is 340 g/mol. The van der Waals surface area contributed by atoms with Crippen LogP contribution in [0.15, 0.2) is 24.3 Å². The highest BCUT2D eigenvalue weighted by atomic mass is 16.5. The van der Waals surface area contributed by atoms with E-state index in [-0.39, 0.29) is 6.10 Å². The van der Waals surface area contributed by atoms with Crippen LogP contribution in [-0.4, -0.2) is 84.4 Å². The maximum Gasteiger partial charge on any atom is 0.414 e. The number of carboxylic acids is 2. The fraction of sp³-hybridized carbons (Fsp3) is 0.556. The Balaban J connectivity index is 0.000000487. The Morgan fingerprint density at radius 1 is 1.08 bits per heavy atom. The number of hydrogen-bond donors (Lipinski definition) is 2. The van der Waals surface area contributed by atoms with E-state index in [1.807, 2.05) is 38.1 Å². The van der Waals surface area contributed by atoms with Gasteiger partial charge in [-0.15, -0.1) is 0 Å². The molecule has 0 saturated carbocycles. The fourth-order valence-electron chi connectivity index (χ4n) is 2.27. The summed E-state index contributed by atoms with van der Waals surface area (Å²) in [6, 6.07) is 7.89. The molecule has 0 bridgehead atoms. The van der Waals surface area contributed by atoms with E-state index >= 15 is 0 Å². The van der Waals surface area contributed by atoms with Gasteiger partial charge in [0.1, 0.15) is 18.1 Å². The Kier molecular flexibility index (Phi) is 9.46. The van der Waals surface area contributed by atoms with Gasteiger partial charge >= 0.3 is 11.9 Å². The summed E-state index contributed by atoms with van der Waals surface area (Å²) < 4.78 is 11.5. The third-order valence-corrected chi connectivity index (χ3v) is 3.63. The molecule has 0 unspecified atom stereocenters. The van der Waals surface area contributed by atoms with Gasteiger partial charge < -0.3 is 24.6 Å². The van der Waals surface area contributed by atoms with E-state index < -0.39 is 11.9 Å². The van der Waals surface area contributed by atoms with Gasteiger partial charge in [-0.3, -0.25) is 4.90 Å². The average Bonchev–Trinajstić information content (AvgIpc) is 2.57. The smallest absolute Gasteiger partial charge is 0.414 e. The summed E-state index contributed by atoms with van der Waals surface area (Å²) >= 11 is 0. The summed E-state index contributed by atoms with van der Waals surface area (Å²) in [6.07, 6.45) is 0.190. The van der Waals surface area contributed by atoms with E-state index in [9.17, 15) is 0 Å². The van der Waals surface area contributed by atoms with E-state index in [1.54, 1.807) is 0 Å². The Morgan fingerprint density at radius 3 is 2.19 bits per heavy atom. The Hall–Kier alpha value is -2.32. The van der Waals surface area contributed by atoms with Gasteiger partial charge in [-0.25, -0.2) is 9.59 Å². The van der Waals surface area contributed by atoms with Crippen LogP contribution in [0.2, 0.25) is 0 Å². The molecule has 8 nitrogen and oxygen atoms in total. The van der Waals surface area contributed by atoms with Crippen LogP contribution in [0.3, 0.4) is 0 Å². The average molecular weight is 368 g/mol. The molecule has 0 atom stereocenters. The number of rotatable bonds is 6. The monoisotopic (exact) mass is 368 g/mol. The van der Waals surface area contributed by atoms with Gasteiger partial charge in [0.05, 0.1) is 6.10 Å². The van der Waals surface area contributed by atoms with Crippen molar-refractivity contribution < 1.29 is 29.3 Å². The van der Waals surface area contributed by atoms with Gasteiger partial charge in [0.25, 0.3) is 0 Å². The second-order valence-corrected chi connectivity index (χ2v) is 6.25. The quantitative estimate of drug-likeness (QED) is 0.724. The van der Waals surface area contributed by atoms with Crippen LogP contribution in [0, 0.1) is 0 Å². The van der Waals surface area contributed by atoms with E-state index in [1.165, 1.54) is 0 Å². The van der Waals surface area contributed by atoms with E-state index in [0.29, 0.717) is 0 Å². The van der Waals surface area contributed by atoms with Gasteiger partial charge in [-0.05, 0) is 33.0 Å². The summed E-state index contributed by atoms with van der Waals surface area (Å²) in [4.78, 5) is 23.0. The lowest BCUT2D eigenvalue weighted by atomic mass is 10.3. The van der Waals surface area contributed by atoms with Crippen molar-refractivity contribution in [2.24, 2.45) is 0 Å². The molecule has 146 valence electrons. The lowest BCUT2D eigenvalue weighted by molar-refractivity contribution is -0.159. The number of aliphatic carboxylic acids is 2. The number of hydrogen-bond acceptors (Lipinski definition) is 6. The van der Waals surface area contributed by atoms with Crippen molar-refractivity contribution in [1.82, 2.24) is 9.80 Å². The summed E-state index contributed by atoms with van der Waals surface area (Å²) in [5, 5.41) is 14.8. The molecule has 1 fully saturated rings. The van der Waals surface area contributed by atoms with Crippen molar-refractivity contribution in [2.75, 3.05) is 46.4 Å². The molecule has 0 aliphatic carbocycles. The zero-order chi connectivity index (χ0) is 19.5. The summed E-state index contributed by atoms with van der Waals surface area (Å²) in [7, 11) is 2.17. The Bertz CT molecular complexity index is 559. The van der Waals surface area contributed by atoms with Crippen LogP contribution in [0.25, 0.3) is 0 Å². The lowest BCUT2D eigenvalue weighted by Crippen LogP contribution is -2.45. The van der Waals surface area contributed by atoms with Crippen molar-refractivity contribution >= 4 is 11.9 Å². The van der Waals surface area contributed by atoms with E-state index in [4.69, 9.17) is 29.3 Å². The minimum atomic E-state index is -1.82. The predicted molar refractivity (Wildman–Crippen MR) is 96.9 cm³/mol. The first-order valence-electron chi connectivity index (χ1n) is 8.54. The zero-order valence-corrected chi connectivity index (χ0v) is 15.6. The van der Waals surface area contributed by atoms with Crippen LogP contribution < -0.4 is 9.47 Å². The van der Waals surface area contributed by atoms with Crippen molar-refractivity contribution in [2.45, 2.75) is 20.0 Å². The second kappa shape index (κ2) is 11.3. The predicted octanol–water partition coefficient (Wildman–Crippen LogP) is 1.26. The standard InChI is InChI=1S/C16H26N2O2.C2H2O4/c1-14(2)20-16-6-4-5-15(13-16)19-12-11-18-9-7-17(3)8-10-18;3-1(4)2(5)6/h4-6,13-14H,7-12H2,1-3H3;(H,3,4)(H,5,6). The SMILES string of the molecule is CC(C)Oc1cccc(OCCN2CCN(C)CC2)c1.O=C(O)C(=O)O. The third-order valence-electron chi connectivity index (χ3n) is 3.63. The Labute approximate surface area is 153 Å². The van der Waals surface area contributed by atoms with Crippen LogP contribution in [0.4, 0.5) is 0 Å². The molecule has 2 rings (SSSR count). The van der Waals surface area contributed by atoms with Crippen LogP contribution in [0.1, 0.15) is 13.8 Å². The number of ether oxygens (including phenoxy) is 2. The summed E-state index contributed by atoms with van der Waals surface area (Å²) in [5.41, 5.74) is 0. The molecule has 0 amide bonds. The van der Waals surface area contributed by atoms with Crippen LogP contribution in [0.5, 0.6) is 11.5 Å². The molecule has 8 heteroatoms. The maximum absolute atomic E-state index is 9.10. The number of carbonyl (C=O) groups is 2. The molecule has 1 aromatic carbocycles. The normalized spacial score (nSPS) is 15.1. The first-order valence-corrected chi connectivity index (χ1v) is 8.54. The van der Waals surface area contributed by atoms with Gasteiger partial charge in [-0.2, -0.15) is 0 Å². The first-order chi connectivity index (χ1) is 12.3. The van der Waals surface area contributed by atoms with E-state index in [2.05, 4.69) is 16.8 Å². The molecule has 1 aliphatic heterocycles. The second-order valence-electron chi connectivity index (χ2n) is 6.25. The highest BCUT2D eigenvalue weighted by molar-refractivity contribution is 6.27. The summed E-state index contributed by atoms with van der Waals surface area (Å²) in [6.45, 7) is 10.3. The lowest BCUT2D eigenvalue weighted by Gasteiger charge is -2.32. The molecule has 1 aromatic rings. The largest absolute Gasteiger partial charge is 0.492 e. The van der Waals surface area contributed by atoms with Gasteiger partial charge in [0.15, 0.2) is 0 Å². The first kappa shape index (κ1) is 21.7.